The smallest absolute Gasteiger partial charge is 0.240 e. The van der Waals surface area contributed by atoms with Gasteiger partial charge in [-0.2, -0.15) is 0 Å². The molecule has 1 aliphatic heterocycles. The van der Waals surface area contributed by atoms with Gasteiger partial charge < -0.3 is 10.1 Å². The van der Waals surface area contributed by atoms with Crippen molar-refractivity contribution >= 4 is 10.0 Å². The molecule has 0 bridgehead atoms. The minimum atomic E-state index is -3.44. The van der Waals surface area contributed by atoms with Crippen molar-refractivity contribution < 1.29 is 13.2 Å². The number of benzene rings is 1. The summed E-state index contributed by atoms with van der Waals surface area (Å²) >= 11 is 0. The van der Waals surface area contributed by atoms with Crippen LogP contribution in [0.15, 0.2) is 29.2 Å². The van der Waals surface area contributed by atoms with Gasteiger partial charge in [0, 0.05) is 12.6 Å². The summed E-state index contributed by atoms with van der Waals surface area (Å²) in [6, 6.07) is 7.06. The summed E-state index contributed by atoms with van der Waals surface area (Å²) in [5.74, 6) is 0. The van der Waals surface area contributed by atoms with Crippen LogP contribution in [0.1, 0.15) is 25.3 Å². The van der Waals surface area contributed by atoms with Gasteiger partial charge in [0.2, 0.25) is 10.0 Å². The van der Waals surface area contributed by atoms with Crippen molar-refractivity contribution in [2.24, 2.45) is 0 Å². The number of likely N-dealkylation sites (N-methyl/N-ethyl adjacent to an activating group) is 1. The van der Waals surface area contributed by atoms with Gasteiger partial charge in [-0.05, 0) is 57.5 Å². The molecule has 1 aliphatic rings. The molecule has 1 aromatic rings. The lowest BCUT2D eigenvalue weighted by Crippen LogP contribution is -2.41. The second-order valence-electron chi connectivity index (χ2n) is 5.52. The fourth-order valence-corrected chi connectivity index (χ4v) is 3.78. The number of nitrogens with one attached hydrogen (secondary N) is 2. The van der Waals surface area contributed by atoms with E-state index in [9.17, 15) is 8.42 Å². The Morgan fingerprint density at radius 2 is 2.00 bits per heavy atom. The predicted octanol–water partition coefficient (Wildman–Crippen LogP) is 1.29. The van der Waals surface area contributed by atoms with Crippen LogP contribution in [0, 0.1) is 0 Å². The summed E-state index contributed by atoms with van der Waals surface area (Å²) in [6.45, 7) is 3.46. The van der Waals surface area contributed by atoms with Gasteiger partial charge in [-0.25, -0.2) is 13.1 Å². The fraction of sp³-hybridized carbons (Fsp3) is 0.600. The molecule has 0 spiro atoms. The van der Waals surface area contributed by atoms with Crippen molar-refractivity contribution in [3.05, 3.63) is 29.8 Å². The molecule has 2 rings (SSSR count). The maximum absolute atomic E-state index is 12.4. The van der Waals surface area contributed by atoms with E-state index in [-0.39, 0.29) is 12.1 Å². The summed E-state index contributed by atoms with van der Waals surface area (Å²) in [6.07, 6.45) is 2.45. The molecule has 0 saturated carbocycles. The van der Waals surface area contributed by atoms with E-state index in [1.54, 1.807) is 12.1 Å². The molecule has 2 atom stereocenters. The lowest BCUT2D eigenvalue weighted by atomic mass is 10.1. The maximum atomic E-state index is 12.4. The molecular formula is C15H24N2O3S. The third-order valence-corrected chi connectivity index (χ3v) is 5.24. The van der Waals surface area contributed by atoms with E-state index in [0.29, 0.717) is 11.5 Å². The first-order valence-corrected chi connectivity index (χ1v) is 8.87. The summed E-state index contributed by atoms with van der Waals surface area (Å²) in [5, 5.41) is 3.08. The van der Waals surface area contributed by atoms with E-state index >= 15 is 0 Å². The Morgan fingerprint density at radius 1 is 1.29 bits per heavy atom. The van der Waals surface area contributed by atoms with Crippen LogP contribution in [0.25, 0.3) is 0 Å². The molecule has 1 aromatic carbocycles. The van der Waals surface area contributed by atoms with Crippen LogP contribution < -0.4 is 10.0 Å². The zero-order chi connectivity index (χ0) is 15.3. The Balaban J connectivity index is 2.01. The van der Waals surface area contributed by atoms with Gasteiger partial charge in [0.25, 0.3) is 0 Å². The van der Waals surface area contributed by atoms with Crippen LogP contribution in [-0.4, -0.2) is 40.8 Å². The predicted molar refractivity (Wildman–Crippen MR) is 82.8 cm³/mol. The molecule has 118 valence electrons. The average molecular weight is 312 g/mol. The number of hydrogen-bond donors (Lipinski definition) is 2. The second-order valence-corrected chi connectivity index (χ2v) is 7.24. The van der Waals surface area contributed by atoms with Gasteiger partial charge in [0.05, 0.1) is 11.0 Å². The lowest BCUT2D eigenvalue weighted by molar-refractivity contribution is 0.0173. The third kappa shape index (κ3) is 4.78. The largest absolute Gasteiger partial charge is 0.378 e. The van der Waals surface area contributed by atoms with Crippen LogP contribution in [0.3, 0.4) is 0 Å². The van der Waals surface area contributed by atoms with Gasteiger partial charge >= 0.3 is 0 Å². The molecule has 21 heavy (non-hydrogen) atoms. The quantitative estimate of drug-likeness (QED) is 0.831. The molecule has 2 N–H and O–H groups in total. The van der Waals surface area contributed by atoms with Crippen molar-refractivity contribution in [2.75, 3.05) is 20.2 Å². The van der Waals surface area contributed by atoms with E-state index in [4.69, 9.17) is 4.74 Å². The van der Waals surface area contributed by atoms with Gasteiger partial charge in [-0.15, -0.1) is 0 Å². The molecule has 5 nitrogen and oxygen atoms in total. The molecular weight excluding hydrogens is 288 g/mol. The van der Waals surface area contributed by atoms with Crippen LogP contribution in [-0.2, 0) is 21.2 Å². The number of ether oxygens (including phenoxy) is 1. The number of hydrogen-bond acceptors (Lipinski definition) is 4. The monoisotopic (exact) mass is 312 g/mol. The first-order chi connectivity index (χ1) is 10.0. The normalized spacial score (nSPS) is 23.1. The summed E-state index contributed by atoms with van der Waals surface area (Å²) in [5.41, 5.74) is 1.13. The minimum Gasteiger partial charge on any atom is -0.378 e. The van der Waals surface area contributed by atoms with Crippen molar-refractivity contribution in [3.63, 3.8) is 0 Å². The van der Waals surface area contributed by atoms with Crippen LogP contribution >= 0.6 is 0 Å². The Kier molecular flexibility index (Phi) is 5.75. The molecule has 2 unspecified atom stereocenters. The molecule has 0 aromatic heterocycles. The van der Waals surface area contributed by atoms with Gasteiger partial charge in [0.1, 0.15) is 0 Å². The first-order valence-electron chi connectivity index (χ1n) is 7.39. The van der Waals surface area contributed by atoms with Gasteiger partial charge in [0.15, 0.2) is 0 Å². The molecule has 0 amide bonds. The highest BCUT2D eigenvalue weighted by atomic mass is 32.2. The minimum absolute atomic E-state index is 0.0392. The molecule has 6 heteroatoms. The van der Waals surface area contributed by atoms with E-state index in [2.05, 4.69) is 10.0 Å². The summed E-state index contributed by atoms with van der Waals surface area (Å²) < 4.78 is 33.0. The highest BCUT2D eigenvalue weighted by Gasteiger charge is 2.24. The molecule has 1 heterocycles. The van der Waals surface area contributed by atoms with E-state index < -0.39 is 10.0 Å². The average Bonchev–Trinajstić information content (AvgIpc) is 2.45. The topological polar surface area (TPSA) is 67.4 Å². The van der Waals surface area contributed by atoms with Crippen LogP contribution in [0.5, 0.6) is 0 Å². The summed E-state index contributed by atoms with van der Waals surface area (Å²) in [4.78, 5) is 0.329. The van der Waals surface area contributed by atoms with Crippen LogP contribution in [0.4, 0.5) is 0 Å². The van der Waals surface area contributed by atoms with Crippen LogP contribution in [0.2, 0.25) is 0 Å². The Bertz CT molecular complexity index is 543. The van der Waals surface area contributed by atoms with Crippen molar-refractivity contribution in [2.45, 2.75) is 43.2 Å². The Hall–Kier alpha value is -0.950. The lowest BCUT2D eigenvalue weighted by Gasteiger charge is -2.27. The van der Waals surface area contributed by atoms with Crippen molar-refractivity contribution in [3.8, 4) is 0 Å². The maximum Gasteiger partial charge on any atom is 0.240 e. The zero-order valence-corrected chi connectivity index (χ0v) is 13.4. The standard InChI is InChI=1S/C15H24N2O3S/c1-12-11-14(8-10-20-12)17-21(18,19)15-5-3-13(4-6-15)7-9-16-2/h3-6,12,14,16-17H,7-11H2,1-2H3. The van der Waals surface area contributed by atoms with E-state index in [1.165, 1.54) is 0 Å². The molecule has 1 saturated heterocycles. The molecule has 0 aliphatic carbocycles. The Morgan fingerprint density at radius 3 is 2.62 bits per heavy atom. The SMILES string of the molecule is CNCCc1ccc(S(=O)(=O)NC2CCOC(C)C2)cc1. The van der Waals surface area contributed by atoms with Crippen molar-refractivity contribution in [1.82, 2.24) is 10.0 Å². The fourth-order valence-electron chi connectivity index (χ4n) is 2.50. The molecule has 0 radical (unpaired) electrons. The highest BCUT2D eigenvalue weighted by Crippen LogP contribution is 2.17. The third-order valence-electron chi connectivity index (χ3n) is 3.70. The zero-order valence-electron chi connectivity index (χ0n) is 12.6. The van der Waals surface area contributed by atoms with E-state index in [1.807, 2.05) is 26.1 Å². The number of sulfonamides is 1. The number of rotatable bonds is 6. The van der Waals surface area contributed by atoms with E-state index in [0.717, 1.165) is 31.4 Å². The van der Waals surface area contributed by atoms with Gasteiger partial charge in [-0.1, -0.05) is 12.1 Å². The Labute approximate surface area is 127 Å². The first kappa shape index (κ1) is 16.4. The van der Waals surface area contributed by atoms with Gasteiger partial charge in [-0.3, -0.25) is 0 Å². The van der Waals surface area contributed by atoms with Crippen molar-refractivity contribution in [1.29, 1.82) is 0 Å². The second kappa shape index (κ2) is 7.35. The highest BCUT2D eigenvalue weighted by molar-refractivity contribution is 7.89. The summed E-state index contributed by atoms with van der Waals surface area (Å²) in [7, 11) is -1.54. The molecule has 1 fully saturated rings.